The fourth-order valence-electron chi connectivity index (χ4n) is 3.76. The first-order valence-electron chi connectivity index (χ1n) is 10.7. The number of pyridine rings is 1. The van der Waals surface area contributed by atoms with Crippen molar-refractivity contribution in [3.05, 3.63) is 78.3 Å². The molecule has 3 heterocycles. The third-order valence-corrected chi connectivity index (χ3v) is 5.29. The minimum Gasteiger partial charge on any atom is -0.357 e. The molecule has 1 atom stereocenters. The number of hydrogen-bond donors (Lipinski definition) is 2. The molecule has 0 aliphatic carbocycles. The second kappa shape index (κ2) is 10.1. The van der Waals surface area contributed by atoms with Crippen LogP contribution in [0.3, 0.4) is 0 Å². The van der Waals surface area contributed by atoms with Crippen molar-refractivity contribution in [3.8, 4) is 0 Å². The molecule has 1 aliphatic rings. The van der Waals surface area contributed by atoms with Gasteiger partial charge in [-0.2, -0.15) is 0 Å². The number of imidazole rings is 1. The Morgan fingerprint density at radius 1 is 1.16 bits per heavy atom. The van der Waals surface area contributed by atoms with Gasteiger partial charge in [0.05, 0.1) is 0 Å². The molecule has 162 valence electrons. The van der Waals surface area contributed by atoms with Gasteiger partial charge in [0.1, 0.15) is 12.4 Å². The van der Waals surface area contributed by atoms with Crippen LogP contribution >= 0.6 is 0 Å². The van der Waals surface area contributed by atoms with E-state index in [1.54, 1.807) is 12.3 Å². The van der Waals surface area contributed by atoms with Crippen LogP contribution in [0.2, 0.25) is 0 Å². The molecule has 0 amide bonds. The lowest BCUT2D eigenvalue weighted by Gasteiger charge is -2.20. The van der Waals surface area contributed by atoms with Gasteiger partial charge in [-0.1, -0.05) is 30.3 Å². The average molecular weight is 422 g/mol. The minimum atomic E-state index is -0.283. The molecule has 0 spiro atoms. The maximum absolute atomic E-state index is 14.1. The number of aliphatic imine (C=N–C) groups is 1. The zero-order valence-electron chi connectivity index (χ0n) is 17.7. The lowest BCUT2D eigenvalue weighted by Crippen LogP contribution is -2.44. The van der Waals surface area contributed by atoms with Crippen LogP contribution in [0.5, 0.6) is 0 Å². The maximum Gasteiger partial charge on any atom is 0.191 e. The van der Waals surface area contributed by atoms with Crippen molar-refractivity contribution in [2.45, 2.75) is 32.5 Å². The Balaban J connectivity index is 1.38. The summed E-state index contributed by atoms with van der Waals surface area (Å²) in [5.41, 5.74) is 1.23. The van der Waals surface area contributed by atoms with Crippen molar-refractivity contribution in [1.29, 1.82) is 0 Å². The molecule has 1 saturated heterocycles. The van der Waals surface area contributed by atoms with Crippen LogP contribution in [0.25, 0.3) is 0 Å². The molecule has 0 saturated carbocycles. The van der Waals surface area contributed by atoms with E-state index in [4.69, 9.17) is 4.99 Å². The molecule has 1 fully saturated rings. The van der Waals surface area contributed by atoms with Gasteiger partial charge in [-0.3, -0.25) is 0 Å². The third kappa shape index (κ3) is 5.39. The van der Waals surface area contributed by atoms with E-state index in [1.807, 2.05) is 42.4 Å². The molecular weight excluding hydrogens is 393 g/mol. The predicted octanol–water partition coefficient (Wildman–Crippen LogP) is 2.80. The van der Waals surface area contributed by atoms with Gasteiger partial charge in [0.15, 0.2) is 17.6 Å². The summed E-state index contributed by atoms with van der Waals surface area (Å²) >= 11 is 0. The van der Waals surface area contributed by atoms with Crippen molar-refractivity contribution in [3.63, 3.8) is 0 Å². The number of rotatable bonds is 7. The second-order valence-corrected chi connectivity index (χ2v) is 7.54. The quantitative estimate of drug-likeness (QED) is 0.454. The van der Waals surface area contributed by atoms with Crippen LogP contribution in [0.1, 0.15) is 24.7 Å². The van der Waals surface area contributed by atoms with Crippen LogP contribution in [0.4, 0.5) is 10.2 Å². The molecule has 0 bridgehead atoms. The van der Waals surface area contributed by atoms with Gasteiger partial charge >= 0.3 is 0 Å². The van der Waals surface area contributed by atoms with Crippen molar-refractivity contribution in [1.82, 2.24) is 25.2 Å². The summed E-state index contributed by atoms with van der Waals surface area (Å²) in [6.07, 6.45) is 6.31. The first kappa shape index (κ1) is 20.8. The number of hydrogen-bond acceptors (Lipinski definition) is 4. The predicted molar refractivity (Wildman–Crippen MR) is 121 cm³/mol. The van der Waals surface area contributed by atoms with E-state index in [0.717, 1.165) is 37.8 Å². The Kier molecular flexibility index (Phi) is 6.76. The smallest absolute Gasteiger partial charge is 0.191 e. The van der Waals surface area contributed by atoms with E-state index in [-0.39, 0.29) is 11.9 Å². The number of guanidine groups is 1. The van der Waals surface area contributed by atoms with Gasteiger partial charge in [-0.15, -0.1) is 0 Å². The van der Waals surface area contributed by atoms with Gasteiger partial charge in [-0.05, 0) is 31.0 Å². The first-order valence-corrected chi connectivity index (χ1v) is 10.7. The topological polar surface area (TPSA) is 70.4 Å². The Hall–Kier alpha value is -3.42. The van der Waals surface area contributed by atoms with E-state index in [1.165, 1.54) is 11.6 Å². The van der Waals surface area contributed by atoms with E-state index in [2.05, 4.69) is 37.3 Å². The zero-order valence-corrected chi connectivity index (χ0v) is 17.7. The summed E-state index contributed by atoms with van der Waals surface area (Å²) in [6, 6.07) is 13.5. The Bertz CT molecular complexity index is 1000. The highest BCUT2D eigenvalue weighted by Crippen LogP contribution is 2.20. The van der Waals surface area contributed by atoms with Gasteiger partial charge in [-0.25, -0.2) is 19.4 Å². The van der Waals surface area contributed by atoms with Crippen LogP contribution in [-0.4, -0.2) is 46.2 Å². The molecule has 2 N–H and O–H groups in total. The highest BCUT2D eigenvalue weighted by atomic mass is 19.1. The molecule has 8 heteroatoms. The molecule has 4 rings (SSSR count). The summed E-state index contributed by atoms with van der Waals surface area (Å²) in [5, 5.41) is 6.78. The van der Waals surface area contributed by atoms with Crippen LogP contribution in [-0.2, 0) is 13.1 Å². The monoisotopic (exact) mass is 421 g/mol. The molecule has 1 aromatic carbocycles. The van der Waals surface area contributed by atoms with Crippen molar-refractivity contribution in [2.24, 2.45) is 4.99 Å². The lowest BCUT2D eigenvalue weighted by molar-refractivity contribution is 0.612. The molecule has 2 aromatic heterocycles. The van der Waals surface area contributed by atoms with Gasteiger partial charge in [0, 0.05) is 50.8 Å². The van der Waals surface area contributed by atoms with Crippen LogP contribution < -0.4 is 15.5 Å². The van der Waals surface area contributed by atoms with E-state index < -0.39 is 0 Å². The largest absolute Gasteiger partial charge is 0.357 e. The fraction of sp³-hybridized carbons (Fsp3) is 0.348. The molecule has 0 radical (unpaired) electrons. The molecule has 31 heavy (non-hydrogen) atoms. The van der Waals surface area contributed by atoms with E-state index in [9.17, 15) is 4.39 Å². The van der Waals surface area contributed by atoms with E-state index in [0.29, 0.717) is 18.9 Å². The lowest BCUT2D eigenvalue weighted by atomic mass is 10.2. The SMILES string of the molecule is CCNC(=NCc1nccn1Cc1ccccc1)NC1CCN(c2ncccc2F)C1. The van der Waals surface area contributed by atoms with Crippen molar-refractivity contribution in [2.75, 3.05) is 24.5 Å². The third-order valence-electron chi connectivity index (χ3n) is 5.29. The van der Waals surface area contributed by atoms with Gasteiger partial charge < -0.3 is 20.1 Å². The Labute approximate surface area is 182 Å². The molecule has 1 aliphatic heterocycles. The molecule has 3 aromatic rings. The normalized spacial score (nSPS) is 16.5. The number of halogens is 1. The maximum atomic E-state index is 14.1. The summed E-state index contributed by atoms with van der Waals surface area (Å²) in [6.45, 7) is 5.48. The van der Waals surface area contributed by atoms with Gasteiger partial charge in [0.25, 0.3) is 0 Å². The fourth-order valence-corrected chi connectivity index (χ4v) is 3.76. The van der Waals surface area contributed by atoms with Crippen LogP contribution in [0, 0.1) is 5.82 Å². The number of benzene rings is 1. The van der Waals surface area contributed by atoms with Crippen LogP contribution in [0.15, 0.2) is 66.0 Å². The highest BCUT2D eigenvalue weighted by Gasteiger charge is 2.26. The zero-order chi connectivity index (χ0) is 21.5. The van der Waals surface area contributed by atoms with Crippen molar-refractivity contribution < 1.29 is 4.39 Å². The van der Waals surface area contributed by atoms with Crippen molar-refractivity contribution >= 4 is 11.8 Å². The average Bonchev–Trinajstić information content (AvgIpc) is 3.43. The number of aromatic nitrogens is 3. The number of nitrogens with one attached hydrogen (secondary N) is 2. The molecule has 7 nitrogen and oxygen atoms in total. The highest BCUT2D eigenvalue weighted by molar-refractivity contribution is 5.80. The summed E-state index contributed by atoms with van der Waals surface area (Å²) < 4.78 is 16.2. The summed E-state index contributed by atoms with van der Waals surface area (Å²) in [5.74, 6) is 1.78. The molecule has 1 unspecified atom stereocenters. The van der Waals surface area contributed by atoms with Gasteiger partial charge in [0.2, 0.25) is 0 Å². The molecular formula is C23H28FN7. The first-order chi connectivity index (χ1) is 15.2. The number of anilines is 1. The van der Waals surface area contributed by atoms with E-state index >= 15 is 0 Å². The standard InChI is InChI=1S/C23H28FN7/c1-2-25-23(29-19-10-13-31(17-19)22-20(24)9-6-11-27-22)28-15-21-26-12-14-30(21)16-18-7-4-3-5-8-18/h3-9,11-12,14,19H,2,10,13,15-17H2,1H3,(H2,25,28,29). The Morgan fingerprint density at radius 2 is 2.03 bits per heavy atom. The second-order valence-electron chi connectivity index (χ2n) is 7.54. The minimum absolute atomic E-state index is 0.170. The Morgan fingerprint density at radius 3 is 2.84 bits per heavy atom. The summed E-state index contributed by atoms with van der Waals surface area (Å²) in [7, 11) is 0. The summed E-state index contributed by atoms with van der Waals surface area (Å²) in [4.78, 5) is 15.4. The number of nitrogens with zero attached hydrogens (tertiary/aromatic N) is 5.